The minimum Gasteiger partial charge on any atom is -0.306 e. The molecule has 3 heteroatoms. The standard InChI is InChI=1S/C13H22N2S/c1-4-14-13(3,11-7-5-6-8-11)12-15-10(2)9-16-12/h9,11,14H,4-8H2,1-3H3. The zero-order chi connectivity index (χ0) is 11.6. The highest BCUT2D eigenvalue weighted by Crippen LogP contribution is 2.41. The number of thiazole rings is 1. The van der Waals surface area contributed by atoms with Crippen LogP contribution < -0.4 is 5.32 Å². The van der Waals surface area contributed by atoms with Gasteiger partial charge in [-0.2, -0.15) is 0 Å². The Kier molecular flexibility index (Phi) is 3.65. The molecule has 2 rings (SSSR count). The van der Waals surface area contributed by atoms with Crippen molar-refractivity contribution in [3.8, 4) is 0 Å². The van der Waals surface area contributed by atoms with Crippen molar-refractivity contribution >= 4 is 11.3 Å². The molecule has 0 radical (unpaired) electrons. The number of nitrogens with one attached hydrogen (secondary N) is 1. The average Bonchev–Trinajstić information content (AvgIpc) is 2.87. The summed E-state index contributed by atoms with van der Waals surface area (Å²) >= 11 is 1.81. The summed E-state index contributed by atoms with van der Waals surface area (Å²) in [7, 11) is 0. The van der Waals surface area contributed by atoms with Crippen molar-refractivity contribution in [2.45, 2.75) is 52.0 Å². The van der Waals surface area contributed by atoms with E-state index in [-0.39, 0.29) is 5.54 Å². The van der Waals surface area contributed by atoms with Crippen LogP contribution in [0.25, 0.3) is 0 Å². The molecule has 1 atom stereocenters. The Hall–Kier alpha value is -0.410. The number of rotatable bonds is 4. The third-order valence-electron chi connectivity index (χ3n) is 3.78. The normalized spacial score (nSPS) is 21.2. The van der Waals surface area contributed by atoms with Gasteiger partial charge >= 0.3 is 0 Å². The van der Waals surface area contributed by atoms with Crippen LogP contribution in [-0.2, 0) is 5.54 Å². The lowest BCUT2D eigenvalue weighted by molar-refractivity contribution is 0.238. The van der Waals surface area contributed by atoms with Gasteiger partial charge in [0.2, 0.25) is 0 Å². The molecule has 1 unspecified atom stereocenters. The van der Waals surface area contributed by atoms with Gasteiger partial charge in [0.15, 0.2) is 0 Å². The van der Waals surface area contributed by atoms with Crippen molar-refractivity contribution < 1.29 is 0 Å². The second kappa shape index (κ2) is 4.84. The summed E-state index contributed by atoms with van der Waals surface area (Å²) in [5, 5.41) is 7.12. The fourth-order valence-electron chi connectivity index (χ4n) is 2.86. The first-order chi connectivity index (χ1) is 7.66. The zero-order valence-electron chi connectivity index (χ0n) is 10.5. The maximum absolute atomic E-state index is 4.70. The lowest BCUT2D eigenvalue weighted by Crippen LogP contribution is -2.45. The van der Waals surface area contributed by atoms with E-state index in [0.29, 0.717) is 0 Å². The van der Waals surface area contributed by atoms with E-state index in [1.807, 2.05) is 11.3 Å². The van der Waals surface area contributed by atoms with Gasteiger partial charge < -0.3 is 5.32 Å². The molecule has 1 aromatic rings. The summed E-state index contributed by atoms with van der Waals surface area (Å²) in [6.45, 7) is 7.63. The van der Waals surface area contributed by atoms with Crippen molar-refractivity contribution in [2.24, 2.45) is 5.92 Å². The molecule has 0 aliphatic heterocycles. The van der Waals surface area contributed by atoms with Crippen LogP contribution in [0.4, 0.5) is 0 Å². The van der Waals surface area contributed by atoms with Gasteiger partial charge in [0, 0.05) is 11.1 Å². The van der Waals surface area contributed by atoms with Crippen LogP contribution in [0.2, 0.25) is 0 Å². The van der Waals surface area contributed by atoms with Crippen molar-refractivity contribution in [1.29, 1.82) is 0 Å². The van der Waals surface area contributed by atoms with Gasteiger partial charge in [-0.05, 0) is 39.2 Å². The minimum atomic E-state index is 0.101. The maximum atomic E-state index is 4.70. The van der Waals surface area contributed by atoms with Gasteiger partial charge in [0.05, 0.1) is 5.54 Å². The van der Waals surface area contributed by atoms with Crippen LogP contribution >= 0.6 is 11.3 Å². The van der Waals surface area contributed by atoms with Gasteiger partial charge in [0.25, 0.3) is 0 Å². The quantitative estimate of drug-likeness (QED) is 0.869. The molecule has 1 N–H and O–H groups in total. The van der Waals surface area contributed by atoms with Crippen LogP contribution in [-0.4, -0.2) is 11.5 Å². The molecule has 90 valence electrons. The molecule has 0 aromatic carbocycles. The summed E-state index contributed by atoms with van der Waals surface area (Å²) < 4.78 is 0. The molecule has 1 aromatic heterocycles. The highest BCUT2D eigenvalue weighted by Gasteiger charge is 2.38. The van der Waals surface area contributed by atoms with Crippen molar-refractivity contribution in [3.05, 3.63) is 16.1 Å². The molecule has 1 fully saturated rings. The summed E-state index contributed by atoms with van der Waals surface area (Å²) in [4.78, 5) is 4.70. The number of hydrogen-bond acceptors (Lipinski definition) is 3. The third-order valence-corrected chi connectivity index (χ3v) is 4.98. The molecular weight excluding hydrogens is 216 g/mol. The molecule has 1 aliphatic carbocycles. The first-order valence-corrected chi connectivity index (χ1v) is 7.22. The first kappa shape index (κ1) is 12.1. The Morgan fingerprint density at radius 3 is 2.69 bits per heavy atom. The van der Waals surface area contributed by atoms with E-state index in [0.717, 1.165) is 18.2 Å². The summed E-state index contributed by atoms with van der Waals surface area (Å²) in [5.41, 5.74) is 1.26. The maximum Gasteiger partial charge on any atom is 0.113 e. The van der Waals surface area contributed by atoms with Gasteiger partial charge in [-0.15, -0.1) is 11.3 Å². The van der Waals surface area contributed by atoms with Gasteiger partial charge in [-0.1, -0.05) is 19.8 Å². The Labute approximate surface area is 102 Å². The number of nitrogens with zero attached hydrogens (tertiary/aromatic N) is 1. The Morgan fingerprint density at radius 1 is 1.50 bits per heavy atom. The Bertz CT molecular complexity index is 341. The van der Waals surface area contributed by atoms with E-state index in [2.05, 4.69) is 31.5 Å². The van der Waals surface area contributed by atoms with E-state index in [1.54, 1.807) is 0 Å². The molecule has 1 heterocycles. The number of aryl methyl sites for hydroxylation is 1. The molecule has 0 saturated heterocycles. The predicted molar refractivity (Wildman–Crippen MR) is 69.8 cm³/mol. The largest absolute Gasteiger partial charge is 0.306 e. The van der Waals surface area contributed by atoms with Gasteiger partial charge in [0.1, 0.15) is 5.01 Å². The lowest BCUT2D eigenvalue weighted by Gasteiger charge is -2.34. The highest BCUT2D eigenvalue weighted by atomic mass is 32.1. The second-order valence-electron chi connectivity index (χ2n) is 5.01. The topological polar surface area (TPSA) is 24.9 Å². The predicted octanol–water partition coefficient (Wildman–Crippen LogP) is 3.47. The summed E-state index contributed by atoms with van der Waals surface area (Å²) in [5.74, 6) is 0.762. The summed E-state index contributed by atoms with van der Waals surface area (Å²) in [6, 6.07) is 0. The SMILES string of the molecule is CCNC(C)(c1nc(C)cs1)C1CCCC1. The Morgan fingerprint density at radius 2 is 2.19 bits per heavy atom. The molecule has 16 heavy (non-hydrogen) atoms. The average molecular weight is 238 g/mol. The summed E-state index contributed by atoms with van der Waals surface area (Å²) in [6.07, 6.45) is 5.47. The molecule has 1 aliphatic rings. The van der Waals surface area contributed by atoms with Crippen LogP contribution in [0, 0.1) is 12.8 Å². The van der Waals surface area contributed by atoms with Crippen LogP contribution in [0.3, 0.4) is 0 Å². The zero-order valence-corrected chi connectivity index (χ0v) is 11.4. The van der Waals surface area contributed by atoms with Crippen molar-refractivity contribution in [2.75, 3.05) is 6.54 Å². The molecule has 0 bridgehead atoms. The lowest BCUT2D eigenvalue weighted by atomic mass is 9.84. The van der Waals surface area contributed by atoms with E-state index in [9.17, 15) is 0 Å². The van der Waals surface area contributed by atoms with E-state index < -0.39 is 0 Å². The monoisotopic (exact) mass is 238 g/mol. The van der Waals surface area contributed by atoms with Gasteiger partial charge in [-0.3, -0.25) is 0 Å². The number of hydrogen-bond donors (Lipinski definition) is 1. The third kappa shape index (κ3) is 2.16. The molecule has 1 saturated carbocycles. The molecule has 0 amide bonds. The first-order valence-electron chi connectivity index (χ1n) is 6.34. The number of aromatic nitrogens is 1. The molecule has 0 spiro atoms. The highest BCUT2D eigenvalue weighted by molar-refractivity contribution is 7.09. The van der Waals surface area contributed by atoms with Crippen LogP contribution in [0.5, 0.6) is 0 Å². The Balaban J connectivity index is 2.26. The fourth-order valence-corrected chi connectivity index (χ4v) is 3.87. The fraction of sp³-hybridized carbons (Fsp3) is 0.769. The van der Waals surface area contributed by atoms with Crippen molar-refractivity contribution in [1.82, 2.24) is 10.3 Å². The minimum absolute atomic E-state index is 0.101. The van der Waals surface area contributed by atoms with Crippen molar-refractivity contribution in [3.63, 3.8) is 0 Å². The molecule has 2 nitrogen and oxygen atoms in total. The van der Waals surface area contributed by atoms with E-state index in [4.69, 9.17) is 4.98 Å². The van der Waals surface area contributed by atoms with Crippen LogP contribution in [0.15, 0.2) is 5.38 Å². The van der Waals surface area contributed by atoms with E-state index >= 15 is 0 Å². The smallest absolute Gasteiger partial charge is 0.113 e. The van der Waals surface area contributed by atoms with E-state index in [1.165, 1.54) is 30.7 Å². The van der Waals surface area contributed by atoms with Crippen LogP contribution in [0.1, 0.15) is 50.2 Å². The second-order valence-corrected chi connectivity index (χ2v) is 5.87. The van der Waals surface area contributed by atoms with Gasteiger partial charge in [-0.25, -0.2) is 4.98 Å². The molecular formula is C13H22N2S.